The number of nitrogens with zero attached hydrogens (tertiary/aromatic N) is 2. The minimum Gasteiger partial charge on any atom is -0.369 e. The standard InChI is InChI=1S/C24H44N4/c1-7-9-10-11-12-13-18-26-24(23(19(3)4)25-8-2)28-21(6)27-22-16-14-20(5)15-17-22/h8,20,22,27H,6-7,9-18H2,1-5H3,(H,26,28). The number of hydrogen-bond donors (Lipinski definition) is 2. The van der Waals surface area contributed by atoms with E-state index < -0.39 is 0 Å². The van der Waals surface area contributed by atoms with Crippen LogP contribution in [0.1, 0.15) is 98.8 Å². The van der Waals surface area contributed by atoms with Crippen molar-refractivity contribution in [2.45, 2.75) is 105 Å². The SMILES string of the molecule is C=C(NC(=NCCCCCCCC)C(N=CC)=C(C)C)NC1CCC(C)CC1. The Balaban J connectivity index is 2.65. The number of rotatable bonds is 12. The first-order valence-corrected chi connectivity index (χ1v) is 11.4. The predicted molar refractivity (Wildman–Crippen MR) is 125 cm³/mol. The molecule has 1 aliphatic rings. The highest BCUT2D eigenvalue weighted by Crippen LogP contribution is 2.23. The zero-order valence-corrected chi connectivity index (χ0v) is 19.1. The Bertz CT molecular complexity index is 533. The molecule has 0 amide bonds. The van der Waals surface area contributed by atoms with Crippen LogP contribution in [0.2, 0.25) is 0 Å². The largest absolute Gasteiger partial charge is 0.369 e. The molecule has 4 heteroatoms. The molecule has 0 bridgehead atoms. The van der Waals surface area contributed by atoms with Crippen molar-refractivity contribution in [2.75, 3.05) is 6.54 Å². The molecule has 0 aromatic rings. The van der Waals surface area contributed by atoms with E-state index in [2.05, 4.69) is 49.9 Å². The Labute approximate surface area is 174 Å². The molecule has 2 N–H and O–H groups in total. The topological polar surface area (TPSA) is 48.8 Å². The zero-order chi connectivity index (χ0) is 20.8. The fourth-order valence-electron chi connectivity index (χ4n) is 3.64. The van der Waals surface area contributed by atoms with Gasteiger partial charge in [-0.3, -0.25) is 9.98 Å². The van der Waals surface area contributed by atoms with Gasteiger partial charge in [-0.1, -0.05) is 52.5 Å². The van der Waals surface area contributed by atoms with Crippen molar-refractivity contribution >= 4 is 12.1 Å². The molecule has 1 saturated carbocycles. The second-order valence-electron chi connectivity index (χ2n) is 8.44. The quantitative estimate of drug-likeness (QED) is 0.232. The molecule has 4 nitrogen and oxygen atoms in total. The predicted octanol–water partition coefficient (Wildman–Crippen LogP) is 6.36. The van der Waals surface area contributed by atoms with Gasteiger partial charge in [0.25, 0.3) is 0 Å². The van der Waals surface area contributed by atoms with Crippen molar-refractivity contribution in [1.29, 1.82) is 0 Å². The molecule has 0 aromatic heterocycles. The van der Waals surface area contributed by atoms with E-state index in [1.807, 2.05) is 13.1 Å². The average molecular weight is 389 g/mol. The second kappa shape index (κ2) is 14.4. The van der Waals surface area contributed by atoms with E-state index in [9.17, 15) is 0 Å². The van der Waals surface area contributed by atoms with E-state index in [4.69, 9.17) is 4.99 Å². The van der Waals surface area contributed by atoms with E-state index in [1.165, 1.54) is 57.8 Å². The normalized spacial score (nSPS) is 20.2. The highest BCUT2D eigenvalue weighted by molar-refractivity contribution is 6.00. The van der Waals surface area contributed by atoms with Crippen LogP contribution in [0, 0.1) is 5.92 Å². The summed E-state index contributed by atoms with van der Waals surface area (Å²) in [6.45, 7) is 15.8. The third kappa shape index (κ3) is 10.1. The van der Waals surface area contributed by atoms with Gasteiger partial charge in [0.15, 0.2) is 5.84 Å². The third-order valence-electron chi connectivity index (χ3n) is 5.40. The van der Waals surface area contributed by atoms with Gasteiger partial charge in [0.2, 0.25) is 0 Å². The highest BCUT2D eigenvalue weighted by atomic mass is 15.2. The van der Waals surface area contributed by atoms with E-state index >= 15 is 0 Å². The molecule has 160 valence electrons. The summed E-state index contributed by atoms with van der Waals surface area (Å²) < 4.78 is 0. The summed E-state index contributed by atoms with van der Waals surface area (Å²) in [7, 11) is 0. The number of aliphatic imine (C=N–C) groups is 2. The third-order valence-corrected chi connectivity index (χ3v) is 5.40. The van der Waals surface area contributed by atoms with Gasteiger partial charge < -0.3 is 10.6 Å². The maximum Gasteiger partial charge on any atom is 0.152 e. The van der Waals surface area contributed by atoms with Crippen molar-refractivity contribution in [2.24, 2.45) is 15.9 Å². The van der Waals surface area contributed by atoms with Gasteiger partial charge in [-0.25, -0.2) is 0 Å². The maximum atomic E-state index is 4.86. The van der Waals surface area contributed by atoms with Gasteiger partial charge >= 0.3 is 0 Å². The van der Waals surface area contributed by atoms with E-state index in [0.717, 1.165) is 41.8 Å². The van der Waals surface area contributed by atoms with Crippen LogP contribution in [0.3, 0.4) is 0 Å². The number of amidine groups is 1. The average Bonchev–Trinajstić information content (AvgIpc) is 2.66. The van der Waals surface area contributed by atoms with Crippen LogP contribution in [-0.2, 0) is 0 Å². The molecule has 0 saturated heterocycles. The first-order chi connectivity index (χ1) is 13.5. The first kappa shape index (κ1) is 24.5. The van der Waals surface area contributed by atoms with Crippen LogP contribution in [0.5, 0.6) is 0 Å². The Kier molecular flexibility index (Phi) is 12.6. The molecular weight excluding hydrogens is 344 g/mol. The lowest BCUT2D eigenvalue weighted by molar-refractivity contribution is 0.319. The van der Waals surface area contributed by atoms with Gasteiger partial charge in [0.1, 0.15) is 5.70 Å². The second-order valence-corrected chi connectivity index (χ2v) is 8.44. The summed E-state index contributed by atoms with van der Waals surface area (Å²) in [5, 5.41) is 7.00. The van der Waals surface area contributed by atoms with Crippen molar-refractivity contribution < 1.29 is 0 Å². The molecule has 1 fully saturated rings. The summed E-state index contributed by atoms with van der Waals surface area (Å²) >= 11 is 0. The lowest BCUT2D eigenvalue weighted by atomic mass is 9.87. The van der Waals surface area contributed by atoms with Crippen molar-refractivity contribution in [1.82, 2.24) is 10.6 Å². The fourth-order valence-corrected chi connectivity index (χ4v) is 3.64. The summed E-state index contributed by atoms with van der Waals surface area (Å²) in [4.78, 5) is 9.43. The van der Waals surface area contributed by atoms with E-state index in [-0.39, 0.29) is 0 Å². The monoisotopic (exact) mass is 388 g/mol. The molecule has 1 rings (SSSR count). The Hall–Kier alpha value is -1.58. The Morgan fingerprint density at radius 1 is 1.04 bits per heavy atom. The van der Waals surface area contributed by atoms with Crippen LogP contribution in [0.25, 0.3) is 0 Å². The van der Waals surface area contributed by atoms with Crippen molar-refractivity contribution in [3.8, 4) is 0 Å². The minimum absolute atomic E-state index is 0.515. The summed E-state index contributed by atoms with van der Waals surface area (Å²) in [5.74, 6) is 2.53. The summed E-state index contributed by atoms with van der Waals surface area (Å²) in [5.41, 5.74) is 2.08. The van der Waals surface area contributed by atoms with Gasteiger partial charge in [0.05, 0.1) is 5.82 Å². The number of nitrogens with one attached hydrogen (secondary N) is 2. The lowest BCUT2D eigenvalue weighted by Crippen LogP contribution is -2.39. The van der Waals surface area contributed by atoms with E-state index in [0.29, 0.717) is 6.04 Å². The van der Waals surface area contributed by atoms with Crippen LogP contribution in [-0.4, -0.2) is 24.6 Å². The molecule has 0 atom stereocenters. The summed E-state index contributed by atoms with van der Waals surface area (Å²) in [6, 6.07) is 0.515. The molecule has 0 aromatic carbocycles. The molecule has 0 spiro atoms. The van der Waals surface area contributed by atoms with Crippen molar-refractivity contribution in [3.63, 3.8) is 0 Å². The van der Waals surface area contributed by atoms with Gasteiger partial charge in [-0.05, 0) is 64.4 Å². The number of unbranched alkanes of at least 4 members (excludes halogenated alkanes) is 5. The lowest BCUT2D eigenvalue weighted by Gasteiger charge is -2.29. The molecule has 0 unspecified atom stereocenters. The Morgan fingerprint density at radius 3 is 2.29 bits per heavy atom. The van der Waals surface area contributed by atoms with E-state index in [1.54, 1.807) is 0 Å². The smallest absolute Gasteiger partial charge is 0.152 e. The number of hydrogen-bond acceptors (Lipinski definition) is 3. The fraction of sp³-hybridized carbons (Fsp3) is 0.750. The van der Waals surface area contributed by atoms with Crippen molar-refractivity contribution in [3.05, 3.63) is 23.7 Å². The van der Waals surface area contributed by atoms with Crippen LogP contribution in [0.15, 0.2) is 33.7 Å². The molecular formula is C24H44N4. The van der Waals surface area contributed by atoms with Gasteiger partial charge in [0, 0.05) is 18.8 Å². The molecule has 0 aliphatic heterocycles. The number of allylic oxidation sites excluding steroid dienone is 1. The van der Waals surface area contributed by atoms with Gasteiger partial charge in [-0.15, -0.1) is 0 Å². The highest BCUT2D eigenvalue weighted by Gasteiger charge is 2.19. The Morgan fingerprint density at radius 2 is 1.68 bits per heavy atom. The van der Waals surface area contributed by atoms with Crippen LogP contribution < -0.4 is 10.6 Å². The molecule has 28 heavy (non-hydrogen) atoms. The zero-order valence-electron chi connectivity index (χ0n) is 19.1. The van der Waals surface area contributed by atoms with Crippen LogP contribution >= 0.6 is 0 Å². The first-order valence-electron chi connectivity index (χ1n) is 11.4. The molecule has 0 radical (unpaired) electrons. The molecule has 1 aliphatic carbocycles. The van der Waals surface area contributed by atoms with Crippen LogP contribution in [0.4, 0.5) is 0 Å². The molecule has 0 heterocycles. The minimum atomic E-state index is 0.515. The summed E-state index contributed by atoms with van der Waals surface area (Å²) in [6.07, 6.45) is 14.5. The maximum absolute atomic E-state index is 4.86. The van der Waals surface area contributed by atoms with Gasteiger partial charge in [-0.2, -0.15) is 0 Å².